The van der Waals surface area contributed by atoms with Gasteiger partial charge in [0.1, 0.15) is 5.75 Å². The number of rotatable bonds is 3. The van der Waals surface area contributed by atoms with Crippen molar-refractivity contribution in [2.75, 3.05) is 0 Å². The Balaban J connectivity index is 2.16. The van der Waals surface area contributed by atoms with E-state index >= 15 is 0 Å². The molecule has 1 aromatic heterocycles. The Morgan fingerprint density at radius 1 is 1.19 bits per heavy atom. The molecule has 0 spiro atoms. The second-order valence-electron chi connectivity index (χ2n) is 6.14. The van der Waals surface area contributed by atoms with Gasteiger partial charge >= 0.3 is 0 Å². The number of nitrogens with zero attached hydrogens (tertiary/aromatic N) is 1. The Kier molecular flexibility index (Phi) is 4.43. The first-order valence-corrected chi connectivity index (χ1v) is 7.28. The standard InChI is InChI=1S/C17H20ClNO2/c1-12-6-5-7-14(19(12)20)11-21-16-9-8-13(10-15(16)18)17(2,3)4/h5-10H,11H2,1-4H3. The van der Waals surface area contributed by atoms with Gasteiger partial charge in [-0.05, 0) is 29.2 Å². The molecule has 2 aromatic rings. The molecule has 3 nitrogen and oxygen atoms in total. The van der Waals surface area contributed by atoms with Gasteiger partial charge in [-0.25, -0.2) is 0 Å². The van der Waals surface area contributed by atoms with Crippen molar-refractivity contribution >= 4 is 11.6 Å². The molecule has 0 saturated heterocycles. The summed E-state index contributed by atoms with van der Waals surface area (Å²) in [5.74, 6) is 0.589. The molecular weight excluding hydrogens is 286 g/mol. The van der Waals surface area contributed by atoms with Gasteiger partial charge in [-0.15, -0.1) is 0 Å². The van der Waals surface area contributed by atoms with Crippen molar-refractivity contribution in [1.29, 1.82) is 0 Å². The molecule has 0 atom stereocenters. The Morgan fingerprint density at radius 2 is 1.90 bits per heavy atom. The quantitative estimate of drug-likeness (QED) is 0.630. The highest BCUT2D eigenvalue weighted by Gasteiger charge is 2.16. The summed E-state index contributed by atoms with van der Waals surface area (Å²) < 4.78 is 6.55. The van der Waals surface area contributed by atoms with Gasteiger partial charge in [0, 0.05) is 19.1 Å². The van der Waals surface area contributed by atoms with Gasteiger partial charge in [0.2, 0.25) is 5.69 Å². The lowest BCUT2D eigenvalue weighted by Crippen LogP contribution is -2.35. The summed E-state index contributed by atoms with van der Waals surface area (Å²) in [6.07, 6.45) is 0. The largest absolute Gasteiger partial charge is 0.618 e. The third-order valence-electron chi connectivity index (χ3n) is 3.38. The second-order valence-corrected chi connectivity index (χ2v) is 6.54. The number of halogens is 1. The Morgan fingerprint density at radius 3 is 2.52 bits per heavy atom. The molecule has 1 aromatic carbocycles. The molecule has 0 saturated carbocycles. The minimum absolute atomic E-state index is 0.0384. The van der Waals surface area contributed by atoms with Crippen molar-refractivity contribution in [2.45, 2.75) is 39.7 Å². The van der Waals surface area contributed by atoms with Crippen LogP contribution in [-0.4, -0.2) is 0 Å². The van der Waals surface area contributed by atoms with Crippen LogP contribution in [0.2, 0.25) is 5.02 Å². The molecule has 0 radical (unpaired) electrons. The molecule has 0 N–H and O–H groups in total. The predicted molar refractivity (Wildman–Crippen MR) is 84.6 cm³/mol. The second kappa shape index (κ2) is 5.94. The molecule has 4 heteroatoms. The predicted octanol–water partition coefficient (Wildman–Crippen LogP) is 4.16. The van der Waals surface area contributed by atoms with Crippen molar-refractivity contribution in [3.63, 3.8) is 0 Å². The van der Waals surface area contributed by atoms with Crippen LogP contribution in [0.15, 0.2) is 36.4 Å². The van der Waals surface area contributed by atoms with E-state index < -0.39 is 0 Å². The van der Waals surface area contributed by atoms with Crippen LogP contribution < -0.4 is 9.47 Å². The summed E-state index contributed by atoms with van der Waals surface area (Å²) in [6.45, 7) is 8.35. The highest BCUT2D eigenvalue weighted by Crippen LogP contribution is 2.31. The zero-order chi connectivity index (χ0) is 15.6. The average molecular weight is 306 g/mol. The van der Waals surface area contributed by atoms with E-state index in [1.54, 1.807) is 19.1 Å². The maximum atomic E-state index is 11.9. The van der Waals surface area contributed by atoms with Crippen LogP contribution in [0.5, 0.6) is 5.75 Å². The van der Waals surface area contributed by atoms with Crippen LogP contribution in [0.3, 0.4) is 0 Å². The number of pyridine rings is 1. The van der Waals surface area contributed by atoms with E-state index in [1.165, 1.54) is 0 Å². The van der Waals surface area contributed by atoms with E-state index in [0.29, 0.717) is 22.2 Å². The number of hydrogen-bond donors (Lipinski definition) is 0. The summed E-state index contributed by atoms with van der Waals surface area (Å²) in [7, 11) is 0. The Labute approximate surface area is 130 Å². The first-order chi connectivity index (χ1) is 9.79. The van der Waals surface area contributed by atoms with Gasteiger partial charge in [0.15, 0.2) is 12.3 Å². The fraction of sp³-hybridized carbons (Fsp3) is 0.353. The van der Waals surface area contributed by atoms with Gasteiger partial charge in [-0.2, -0.15) is 4.73 Å². The van der Waals surface area contributed by atoms with E-state index in [-0.39, 0.29) is 12.0 Å². The van der Waals surface area contributed by atoms with Crippen molar-refractivity contribution in [3.05, 3.63) is 63.6 Å². The van der Waals surface area contributed by atoms with E-state index in [0.717, 1.165) is 10.3 Å². The minimum atomic E-state index is 0.0384. The number of ether oxygens (including phenoxy) is 1. The first-order valence-electron chi connectivity index (χ1n) is 6.90. The maximum absolute atomic E-state index is 11.9. The number of hydrogen-bond acceptors (Lipinski definition) is 2. The van der Waals surface area contributed by atoms with Crippen LogP contribution in [0, 0.1) is 12.1 Å². The molecule has 112 valence electrons. The molecule has 0 bridgehead atoms. The first kappa shape index (κ1) is 15.6. The van der Waals surface area contributed by atoms with Gasteiger partial charge in [-0.1, -0.05) is 38.4 Å². The van der Waals surface area contributed by atoms with Gasteiger partial charge in [-0.3, -0.25) is 0 Å². The van der Waals surface area contributed by atoms with E-state index in [4.69, 9.17) is 16.3 Å². The third kappa shape index (κ3) is 3.67. The van der Waals surface area contributed by atoms with E-state index in [9.17, 15) is 5.21 Å². The number of aromatic nitrogens is 1. The lowest BCUT2D eigenvalue weighted by Gasteiger charge is -2.20. The van der Waals surface area contributed by atoms with Crippen LogP contribution in [0.25, 0.3) is 0 Å². The third-order valence-corrected chi connectivity index (χ3v) is 3.68. The molecule has 0 aliphatic rings. The molecular formula is C17H20ClNO2. The van der Waals surface area contributed by atoms with Crippen LogP contribution >= 0.6 is 11.6 Å². The maximum Gasteiger partial charge on any atom is 0.230 e. The molecule has 21 heavy (non-hydrogen) atoms. The molecule has 1 heterocycles. The average Bonchev–Trinajstić information content (AvgIpc) is 2.40. The Hall–Kier alpha value is -1.74. The van der Waals surface area contributed by atoms with E-state index in [2.05, 4.69) is 20.8 Å². The van der Waals surface area contributed by atoms with Gasteiger partial charge < -0.3 is 9.94 Å². The fourth-order valence-corrected chi connectivity index (χ4v) is 2.24. The topological polar surface area (TPSA) is 36.2 Å². The lowest BCUT2D eigenvalue weighted by molar-refractivity contribution is -0.622. The molecule has 0 aliphatic carbocycles. The zero-order valence-electron chi connectivity index (χ0n) is 12.8. The summed E-state index contributed by atoms with van der Waals surface area (Å²) >= 11 is 6.26. The molecule has 2 rings (SSSR count). The Bertz CT molecular complexity index is 648. The lowest BCUT2D eigenvalue weighted by atomic mass is 9.87. The monoisotopic (exact) mass is 305 g/mol. The van der Waals surface area contributed by atoms with Crippen LogP contribution in [-0.2, 0) is 12.0 Å². The summed E-state index contributed by atoms with van der Waals surface area (Å²) in [6, 6.07) is 11.1. The van der Waals surface area contributed by atoms with Gasteiger partial charge in [0.25, 0.3) is 0 Å². The van der Waals surface area contributed by atoms with Crippen molar-refractivity contribution in [3.8, 4) is 5.75 Å². The highest BCUT2D eigenvalue weighted by molar-refractivity contribution is 6.32. The minimum Gasteiger partial charge on any atom is -0.618 e. The zero-order valence-corrected chi connectivity index (χ0v) is 13.6. The molecule has 0 aliphatic heterocycles. The van der Waals surface area contributed by atoms with Crippen molar-refractivity contribution < 1.29 is 9.47 Å². The molecule has 0 amide bonds. The summed E-state index contributed by atoms with van der Waals surface area (Å²) in [4.78, 5) is 0. The van der Waals surface area contributed by atoms with Gasteiger partial charge in [0.05, 0.1) is 5.02 Å². The van der Waals surface area contributed by atoms with Crippen molar-refractivity contribution in [2.24, 2.45) is 0 Å². The number of aryl methyl sites for hydroxylation is 1. The van der Waals surface area contributed by atoms with Crippen molar-refractivity contribution in [1.82, 2.24) is 0 Å². The fourth-order valence-electron chi connectivity index (χ4n) is 2.00. The summed E-state index contributed by atoms with van der Waals surface area (Å²) in [5, 5.41) is 12.4. The molecule has 0 fully saturated rings. The van der Waals surface area contributed by atoms with Crippen LogP contribution in [0.4, 0.5) is 0 Å². The highest BCUT2D eigenvalue weighted by atomic mass is 35.5. The SMILES string of the molecule is Cc1cccc(COc2ccc(C(C)(C)C)cc2Cl)[n+]1[O-]. The number of benzene rings is 1. The summed E-state index contributed by atoms with van der Waals surface area (Å²) in [5.41, 5.74) is 2.39. The molecule has 0 unspecified atom stereocenters. The van der Waals surface area contributed by atoms with E-state index in [1.807, 2.05) is 24.3 Å². The normalized spacial score (nSPS) is 11.5. The van der Waals surface area contributed by atoms with Crippen LogP contribution in [0.1, 0.15) is 37.7 Å². The smallest absolute Gasteiger partial charge is 0.230 e.